The van der Waals surface area contributed by atoms with Crippen molar-refractivity contribution in [3.05, 3.63) is 94.1 Å². The molecule has 8 nitrogen and oxygen atoms in total. The predicted octanol–water partition coefficient (Wildman–Crippen LogP) is 6.89. The monoisotopic (exact) mass is 702 g/mol. The molecule has 1 amide bonds. The minimum Gasteiger partial charge on any atom is -0.478 e. The van der Waals surface area contributed by atoms with Gasteiger partial charge in [0.25, 0.3) is 5.91 Å². The highest BCUT2D eigenvalue weighted by molar-refractivity contribution is 8.26. The number of esters is 1. The van der Waals surface area contributed by atoms with Crippen LogP contribution in [0.25, 0.3) is 16.7 Å². The van der Waals surface area contributed by atoms with E-state index in [-0.39, 0.29) is 34.2 Å². The molecule has 2 saturated heterocycles. The summed E-state index contributed by atoms with van der Waals surface area (Å²) in [6.07, 6.45) is -3.93. The molecule has 2 aliphatic heterocycles. The van der Waals surface area contributed by atoms with Crippen LogP contribution < -0.4 is 4.74 Å². The number of morpholine rings is 1. The predicted molar refractivity (Wildman–Crippen MR) is 176 cm³/mol. The molecule has 2 fully saturated rings. The smallest absolute Gasteiger partial charge is 0.419 e. The van der Waals surface area contributed by atoms with Gasteiger partial charge in [-0.3, -0.25) is 19.4 Å². The molecular weight excluding hydrogens is 673 g/mol. The number of carbonyl (C=O) groups excluding carboxylic acids is 2. The number of alkyl halides is 3. The number of ether oxygens (including phenoxy) is 2. The second-order valence-electron chi connectivity index (χ2n) is 11.0. The van der Waals surface area contributed by atoms with Crippen LogP contribution in [0.1, 0.15) is 40.7 Å². The fourth-order valence-corrected chi connectivity index (χ4v) is 6.75. The molecule has 2 aliphatic rings. The summed E-state index contributed by atoms with van der Waals surface area (Å²) >= 11 is 6.61. The minimum absolute atomic E-state index is 0.0363. The number of aromatic carboxylic acids is 1. The summed E-state index contributed by atoms with van der Waals surface area (Å²) in [7, 11) is 0. The van der Waals surface area contributed by atoms with Gasteiger partial charge in [-0.1, -0.05) is 48.2 Å². The second-order valence-corrected chi connectivity index (χ2v) is 12.7. The van der Waals surface area contributed by atoms with E-state index in [9.17, 15) is 31.9 Å². The number of nitrogens with zero attached hydrogens (tertiary/aromatic N) is 2. The number of halogens is 4. The van der Waals surface area contributed by atoms with Gasteiger partial charge in [0.05, 0.1) is 35.7 Å². The van der Waals surface area contributed by atoms with Crippen LogP contribution in [0, 0.1) is 5.82 Å². The lowest BCUT2D eigenvalue weighted by Gasteiger charge is -2.26. The number of hydrogen-bond donors (Lipinski definition) is 1. The van der Waals surface area contributed by atoms with Crippen molar-refractivity contribution in [1.29, 1.82) is 0 Å². The van der Waals surface area contributed by atoms with Crippen molar-refractivity contribution in [2.24, 2.45) is 0 Å². The maximum Gasteiger partial charge on any atom is 0.419 e. The van der Waals surface area contributed by atoms with Crippen molar-refractivity contribution in [2.45, 2.75) is 25.4 Å². The van der Waals surface area contributed by atoms with Gasteiger partial charge >= 0.3 is 18.1 Å². The molecule has 3 aromatic rings. The average Bonchev–Trinajstić information content (AvgIpc) is 3.34. The van der Waals surface area contributed by atoms with Crippen molar-refractivity contribution in [3.8, 4) is 16.9 Å². The summed E-state index contributed by atoms with van der Waals surface area (Å²) in [6, 6.07) is 14.9. The zero-order chi connectivity index (χ0) is 34.4. The van der Waals surface area contributed by atoms with Gasteiger partial charge in [0.2, 0.25) is 0 Å². The molecule has 252 valence electrons. The van der Waals surface area contributed by atoms with Crippen LogP contribution in [0.2, 0.25) is 0 Å². The summed E-state index contributed by atoms with van der Waals surface area (Å²) in [5, 5.41) is 9.05. The van der Waals surface area contributed by atoms with E-state index in [2.05, 4.69) is 4.90 Å². The Hall–Kier alpha value is -4.11. The molecule has 0 unspecified atom stereocenters. The topological polar surface area (TPSA) is 96.4 Å². The van der Waals surface area contributed by atoms with Gasteiger partial charge in [0.15, 0.2) is 0 Å². The number of thioether (sulfide) groups is 1. The van der Waals surface area contributed by atoms with Crippen LogP contribution in [-0.2, 0) is 20.5 Å². The van der Waals surface area contributed by atoms with E-state index in [0.717, 1.165) is 43.5 Å². The molecule has 0 bridgehead atoms. The lowest BCUT2D eigenvalue weighted by molar-refractivity contribution is -0.140. The average molecular weight is 703 g/mol. The van der Waals surface area contributed by atoms with Crippen LogP contribution in [0.5, 0.6) is 5.75 Å². The summed E-state index contributed by atoms with van der Waals surface area (Å²) in [5.74, 6) is -3.38. The van der Waals surface area contributed by atoms with Gasteiger partial charge in [-0.25, -0.2) is 9.18 Å². The van der Waals surface area contributed by atoms with Gasteiger partial charge < -0.3 is 14.6 Å². The zero-order valence-electron chi connectivity index (χ0n) is 25.4. The SMILES string of the molecule is O=C(CCN1C(=O)/C(=C(\CCCN2CCOCC2)c2cccc(-c3ccc(F)c(C(F)(F)F)c3)c2)SC1=S)Oc1ccc(C(=O)O)cc1. The number of carboxylic acids is 1. The molecule has 0 spiro atoms. The first kappa shape index (κ1) is 35.2. The number of rotatable bonds is 11. The molecule has 0 saturated carbocycles. The van der Waals surface area contributed by atoms with Crippen molar-refractivity contribution >= 4 is 51.7 Å². The Morgan fingerprint density at radius 3 is 2.33 bits per heavy atom. The normalized spacial score (nSPS) is 16.7. The van der Waals surface area contributed by atoms with Crippen molar-refractivity contribution in [1.82, 2.24) is 9.80 Å². The molecule has 14 heteroatoms. The Labute approximate surface area is 283 Å². The van der Waals surface area contributed by atoms with Crippen molar-refractivity contribution in [2.75, 3.05) is 39.4 Å². The fraction of sp³-hybridized carbons (Fsp3) is 0.294. The molecule has 0 atom stereocenters. The maximum absolute atomic E-state index is 14.0. The largest absolute Gasteiger partial charge is 0.478 e. The molecule has 5 rings (SSSR count). The highest BCUT2D eigenvalue weighted by Gasteiger charge is 2.36. The molecule has 48 heavy (non-hydrogen) atoms. The van der Waals surface area contributed by atoms with E-state index in [1.165, 1.54) is 35.2 Å². The third-order valence-corrected chi connectivity index (χ3v) is 9.31. The molecule has 2 heterocycles. The third kappa shape index (κ3) is 8.67. The summed E-state index contributed by atoms with van der Waals surface area (Å²) in [6.45, 7) is 3.48. The first-order valence-electron chi connectivity index (χ1n) is 15.0. The number of amides is 1. The summed E-state index contributed by atoms with van der Waals surface area (Å²) in [4.78, 5) is 41.3. The molecule has 0 radical (unpaired) electrons. The Balaban J connectivity index is 1.38. The van der Waals surface area contributed by atoms with Gasteiger partial charge in [-0.05, 0) is 84.1 Å². The van der Waals surface area contributed by atoms with E-state index in [0.29, 0.717) is 47.7 Å². The van der Waals surface area contributed by atoms with E-state index < -0.39 is 35.4 Å². The van der Waals surface area contributed by atoms with Gasteiger partial charge in [-0.15, -0.1) is 0 Å². The van der Waals surface area contributed by atoms with Crippen LogP contribution in [0.4, 0.5) is 17.6 Å². The first-order chi connectivity index (χ1) is 22.9. The van der Waals surface area contributed by atoms with Crippen molar-refractivity contribution in [3.63, 3.8) is 0 Å². The Bertz CT molecular complexity index is 1740. The number of hydrogen-bond acceptors (Lipinski definition) is 8. The minimum atomic E-state index is -4.87. The Kier molecular flexibility index (Phi) is 11.3. The Morgan fingerprint density at radius 2 is 1.65 bits per heavy atom. The van der Waals surface area contributed by atoms with E-state index in [4.69, 9.17) is 26.8 Å². The summed E-state index contributed by atoms with van der Waals surface area (Å²) < 4.78 is 65.4. The highest BCUT2D eigenvalue weighted by Crippen LogP contribution is 2.40. The summed E-state index contributed by atoms with van der Waals surface area (Å²) in [5.41, 5.74) is 0.517. The second kappa shape index (κ2) is 15.4. The maximum atomic E-state index is 14.0. The number of allylic oxidation sites excluding steroid dienone is 1. The van der Waals surface area contributed by atoms with E-state index in [1.807, 2.05) is 0 Å². The number of carboxylic acid groups (broad SMARTS) is 1. The van der Waals surface area contributed by atoms with Gasteiger partial charge in [0, 0.05) is 19.6 Å². The highest BCUT2D eigenvalue weighted by atomic mass is 32.2. The van der Waals surface area contributed by atoms with Gasteiger partial charge in [-0.2, -0.15) is 13.2 Å². The standard InChI is InChI=1S/C34H30F4N2O6S2/c35-28-11-8-23(20-27(28)34(36,37)38)22-3-1-4-24(19-22)26(5-2-13-39-15-17-45-18-16-39)30-31(42)40(33(47)48-30)14-12-29(41)46-25-9-6-21(7-10-25)32(43)44/h1,3-4,6-11,19-20H,2,5,12-18H2,(H,43,44)/b30-26-. The van der Waals surface area contributed by atoms with Crippen LogP contribution in [0.15, 0.2) is 71.6 Å². The fourth-order valence-electron chi connectivity index (χ4n) is 5.33. The van der Waals surface area contributed by atoms with E-state index in [1.54, 1.807) is 24.3 Å². The lowest BCUT2D eigenvalue weighted by atomic mass is 9.95. The third-order valence-electron chi connectivity index (χ3n) is 7.82. The molecule has 0 aromatic heterocycles. The Morgan fingerprint density at radius 1 is 0.938 bits per heavy atom. The van der Waals surface area contributed by atoms with Crippen LogP contribution in [-0.4, -0.2) is 76.5 Å². The first-order valence-corrected chi connectivity index (χ1v) is 16.2. The quantitative estimate of drug-likeness (QED) is 0.0754. The number of carbonyl (C=O) groups is 3. The lowest BCUT2D eigenvalue weighted by Crippen LogP contribution is -2.36. The van der Waals surface area contributed by atoms with Crippen LogP contribution in [0.3, 0.4) is 0 Å². The van der Waals surface area contributed by atoms with Crippen LogP contribution >= 0.6 is 24.0 Å². The number of benzene rings is 3. The molecule has 1 N–H and O–H groups in total. The number of thiocarbonyl (C=S) groups is 1. The molecule has 0 aliphatic carbocycles. The van der Waals surface area contributed by atoms with E-state index >= 15 is 0 Å². The molecule has 3 aromatic carbocycles. The zero-order valence-corrected chi connectivity index (χ0v) is 27.1. The molecular formula is C34H30F4N2O6S2. The van der Waals surface area contributed by atoms with Crippen molar-refractivity contribution < 1.29 is 46.5 Å². The van der Waals surface area contributed by atoms with Gasteiger partial charge in [0.1, 0.15) is 15.9 Å².